The third-order valence-electron chi connectivity index (χ3n) is 4.54. The molecule has 21 heavy (non-hydrogen) atoms. The van der Waals surface area contributed by atoms with Gasteiger partial charge >= 0.3 is 0 Å². The summed E-state index contributed by atoms with van der Waals surface area (Å²) in [6.45, 7) is 3.22. The molecule has 1 aliphatic rings. The zero-order chi connectivity index (χ0) is 15.1. The fourth-order valence-corrected chi connectivity index (χ4v) is 3.78. The molecule has 0 spiro atoms. The van der Waals surface area contributed by atoms with Crippen molar-refractivity contribution in [3.05, 3.63) is 34.1 Å². The molecule has 0 amide bonds. The van der Waals surface area contributed by atoms with Gasteiger partial charge in [-0.25, -0.2) is 4.39 Å². The van der Waals surface area contributed by atoms with E-state index >= 15 is 0 Å². The van der Waals surface area contributed by atoms with Crippen LogP contribution in [0.2, 0.25) is 0 Å². The molecule has 118 valence electrons. The van der Waals surface area contributed by atoms with Crippen molar-refractivity contribution in [3.63, 3.8) is 0 Å². The summed E-state index contributed by atoms with van der Waals surface area (Å²) in [4.78, 5) is 0. The molecular weight excluding hydrogens is 329 g/mol. The topological polar surface area (TPSA) is 12.0 Å². The molecule has 2 rings (SSSR count). The standard InChI is InChI=1S/C18H27BrFN/c1-2-12-21-18(14-8-6-4-3-5-7-9-14)15-10-11-17(20)16(19)13-15/h10-11,13-14,18,21H,2-9,12H2,1H3. The van der Waals surface area contributed by atoms with Gasteiger partial charge < -0.3 is 5.32 Å². The van der Waals surface area contributed by atoms with Gasteiger partial charge in [0.05, 0.1) is 4.47 Å². The maximum absolute atomic E-state index is 13.5. The highest BCUT2D eigenvalue weighted by Gasteiger charge is 2.23. The van der Waals surface area contributed by atoms with Crippen LogP contribution in [-0.2, 0) is 0 Å². The van der Waals surface area contributed by atoms with E-state index in [2.05, 4.69) is 28.2 Å². The Balaban J connectivity index is 2.16. The van der Waals surface area contributed by atoms with E-state index in [4.69, 9.17) is 0 Å². The first-order valence-corrected chi connectivity index (χ1v) is 9.20. The summed E-state index contributed by atoms with van der Waals surface area (Å²) in [5, 5.41) is 3.71. The van der Waals surface area contributed by atoms with Crippen LogP contribution in [0.25, 0.3) is 0 Å². The lowest BCUT2D eigenvalue weighted by molar-refractivity contribution is 0.288. The molecule has 1 atom stereocenters. The molecule has 1 aromatic carbocycles. The Morgan fingerprint density at radius 2 is 1.86 bits per heavy atom. The fourth-order valence-electron chi connectivity index (χ4n) is 3.38. The quantitative estimate of drug-likeness (QED) is 0.683. The lowest BCUT2D eigenvalue weighted by Crippen LogP contribution is -2.29. The largest absolute Gasteiger partial charge is 0.310 e. The van der Waals surface area contributed by atoms with E-state index in [-0.39, 0.29) is 5.82 Å². The van der Waals surface area contributed by atoms with Crippen molar-refractivity contribution in [2.45, 2.75) is 64.3 Å². The Hall–Kier alpha value is -0.410. The lowest BCUT2D eigenvalue weighted by Gasteiger charge is -2.30. The van der Waals surface area contributed by atoms with Crippen molar-refractivity contribution < 1.29 is 4.39 Å². The van der Waals surface area contributed by atoms with Crippen molar-refractivity contribution in [1.82, 2.24) is 5.32 Å². The molecule has 1 N–H and O–H groups in total. The second-order valence-corrected chi connectivity index (χ2v) is 7.06. The van der Waals surface area contributed by atoms with E-state index in [0.29, 0.717) is 16.4 Å². The molecule has 0 aromatic heterocycles. The Morgan fingerprint density at radius 1 is 1.19 bits per heavy atom. The minimum Gasteiger partial charge on any atom is -0.310 e. The molecule has 1 fully saturated rings. The average molecular weight is 356 g/mol. The summed E-state index contributed by atoms with van der Waals surface area (Å²) in [5.41, 5.74) is 1.22. The molecule has 1 aromatic rings. The van der Waals surface area contributed by atoms with E-state index in [0.717, 1.165) is 13.0 Å². The predicted octanol–water partition coefficient (Wildman–Crippen LogP) is 5.99. The third-order valence-corrected chi connectivity index (χ3v) is 5.15. The van der Waals surface area contributed by atoms with E-state index in [1.165, 1.54) is 50.5 Å². The van der Waals surface area contributed by atoms with Crippen LogP contribution in [-0.4, -0.2) is 6.54 Å². The first-order chi connectivity index (χ1) is 10.2. The van der Waals surface area contributed by atoms with Gasteiger partial charge in [-0.15, -0.1) is 0 Å². The summed E-state index contributed by atoms with van der Waals surface area (Å²) < 4.78 is 14.1. The highest BCUT2D eigenvalue weighted by molar-refractivity contribution is 9.10. The van der Waals surface area contributed by atoms with Crippen LogP contribution in [0.3, 0.4) is 0 Å². The van der Waals surface area contributed by atoms with Crippen LogP contribution in [0.4, 0.5) is 4.39 Å². The number of hydrogen-bond donors (Lipinski definition) is 1. The smallest absolute Gasteiger partial charge is 0.137 e. The zero-order valence-corrected chi connectivity index (χ0v) is 14.6. The highest BCUT2D eigenvalue weighted by Crippen LogP contribution is 2.34. The van der Waals surface area contributed by atoms with Gasteiger partial charge in [0.2, 0.25) is 0 Å². The molecule has 0 radical (unpaired) electrons. The van der Waals surface area contributed by atoms with E-state index in [1.54, 1.807) is 6.07 Å². The van der Waals surface area contributed by atoms with Gasteiger partial charge in [-0.1, -0.05) is 45.1 Å². The molecular formula is C18H27BrFN. The number of rotatable bonds is 5. The summed E-state index contributed by atoms with van der Waals surface area (Å²) >= 11 is 3.33. The number of benzene rings is 1. The second kappa shape index (κ2) is 8.89. The Bertz CT molecular complexity index is 427. The zero-order valence-electron chi connectivity index (χ0n) is 13.0. The number of halogens is 2. The molecule has 1 saturated carbocycles. The Kier molecular flexibility index (Phi) is 7.18. The van der Waals surface area contributed by atoms with Crippen molar-refractivity contribution in [2.24, 2.45) is 5.92 Å². The summed E-state index contributed by atoms with van der Waals surface area (Å²) in [6.07, 6.45) is 10.5. The normalized spacial score (nSPS) is 19.0. The monoisotopic (exact) mass is 355 g/mol. The molecule has 0 heterocycles. The van der Waals surface area contributed by atoms with E-state index in [9.17, 15) is 4.39 Å². The fraction of sp³-hybridized carbons (Fsp3) is 0.667. The Labute approximate surface area is 136 Å². The molecule has 1 nitrogen and oxygen atoms in total. The molecule has 0 aliphatic heterocycles. The third kappa shape index (κ3) is 5.07. The molecule has 3 heteroatoms. The molecule has 0 bridgehead atoms. The first-order valence-electron chi connectivity index (χ1n) is 8.40. The van der Waals surface area contributed by atoms with Gasteiger partial charge in [0.15, 0.2) is 0 Å². The first kappa shape index (κ1) is 17.0. The van der Waals surface area contributed by atoms with Crippen molar-refractivity contribution in [2.75, 3.05) is 6.54 Å². The maximum Gasteiger partial charge on any atom is 0.137 e. The highest BCUT2D eigenvalue weighted by atomic mass is 79.9. The van der Waals surface area contributed by atoms with Crippen molar-refractivity contribution in [3.8, 4) is 0 Å². The van der Waals surface area contributed by atoms with Crippen LogP contribution in [0.5, 0.6) is 0 Å². The minimum absolute atomic E-state index is 0.175. The van der Waals surface area contributed by atoms with Gasteiger partial charge in [0.1, 0.15) is 5.82 Å². The average Bonchev–Trinajstić information content (AvgIpc) is 2.44. The van der Waals surface area contributed by atoms with Crippen molar-refractivity contribution in [1.29, 1.82) is 0 Å². The molecule has 1 aliphatic carbocycles. The van der Waals surface area contributed by atoms with Gasteiger partial charge in [-0.3, -0.25) is 0 Å². The summed E-state index contributed by atoms with van der Waals surface area (Å²) in [6, 6.07) is 5.86. The van der Waals surface area contributed by atoms with Crippen LogP contribution < -0.4 is 5.32 Å². The van der Waals surface area contributed by atoms with Crippen LogP contribution in [0, 0.1) is 11.7 Å². The molecule has 0 saturated heterocycles. The summed E-state index contributed by atoms with van der Waals surface area (Å²) in [5.74, 6) is 0.500. The predicted molar refractivity (Wildman–Crippen MR) is 90.9 cm³/mol. The Morgan fingerprint density at radius 3 is 2.48 bits per heavy atom. The lowest BCUT2D eigenvalue weighted by atomic mass is 9.83. The summed E-state index contributed by atoms with van der Waals surface area (Å²) in [7, 11) is 0. The number of hydrogen-bond acceptors (Lipinski definition) is 1. The maximum atomic E-state index is 13.5. The SMILES string of the molecule is CCCNC(c1ccc(F)c(Br)c1)C1CCCCCCC1. The number of nitrogens with one attached hydrogen (secondary N) is 1. The van der Waals surface area contributed by atoms with Crippen molar-refractivity contribution >= 4 is 15.9 Å². The minimum atomic E-state index is -0.175. The van der Waals surface area contributed by atoms with E-state index in [1.807, 2.05) is 12.1 Å². The second-order valence-electron chi connectivity index (χ2n) is 6.21. The van der Waals surface area contributed by atoms with Gasteiger partial charge in [0.25, 0.3) is 0 Å². The van der Waals surface area contributed by atoms with Crippen LogP contribution in [0.15, 0.2) is 22.7 Å². The van der Waals surface area contributed by atoms with E-state index < -0.39 is 0 Å². The van der Waals surface area contributed by atoms with Gasteiger partial charge in [-0.05, 0) is 65.4 Å². The van der Waals surface area contributed by atoms with Crippen LogP contribution >= 0.6 is 15.9 Å². The van der Waals surface area contributed by atoms with Gasteiger partial charge in [0, 0.05) is 6.04 Å². The van der Waals surface area contributed by atoms with Crippen LogP contribution in [0.1, 0.15) is 69.9 Å². The van der Waals surface area contributed by atoms with Gasteiger partial charge in [-0.2, -0.15) is 0 Å². The molecule has 1 unspecified atom stereocenters.